The predicted molar refractivity (Wildman–Crippen MR) is 152 cm³/mol. The summed E-state index contributed by atoms with van der Waals surface area (Å²) in [5.74, 6) is 0.904. The summed E-state index contributed by atoms with van der Waals surface area (Å²) in [7, 11) is 0. The summed E-state index contributed by atoms with van der Waals surface area (Å²) in [6, 6.07) is 18.7. The first-order valence-corrected chi connectivity index (χ1v) is 13.7. The minimum absolute atomic E-state index is 0.125. The number of aromatic nitrogens is 2. The molecule has 1 aliphatic rings. The molecule has 0 bridgehead atoms. The first-order chi connectivity index (χ1) is 18.4. The third kappa shape index (κ3) is 5.81. The lowest BCUT2D eigenvalue weighted by Gasteiger charge is -2.22. The highest BCUT2D eigenvalue weighted by molar-refractivity contribution is 7.99. The zero-order valence-corrected chi connectivity index (χ0v) is 22.1. The van der Waals surface area contributed by atoms with E-state index in [9.17, 15) is 14.0 Å². The van der Waals surface area contributed by atoms with Crippen molar-refractivity contribution in [2.75, 3.05) is 16.4 Å². The number of para-hydroxylation sites is 1. The van der Waals surface area contributed by atoms with Crippen LogP contribution in [0.25, 0.3) is 11.3 Å². The zero-order valence-electron chi connectivity index (χ0n) is 21.3. The van der Waals surface area contributed by atoms with Crippen molar-refractivity contribution in [3.63, 3.8) is 0 Å². The van der Waals surface area contributed by atoms with E-state index in [2.05, 4.69) is 34.4 Å². The van der Waals surface area contributed by atoms with Gasteiger partial charge in [0, 0.05) is 35.1 Å². The number of Topliss-reactive ketones (excluding diaryl/α,β-unsaturated/α-hetero) is 1. The number of nitrogens with one attached hydrogen (secondary N) is 3. The maximum Gasteiger partial charge on any atom is 0.256 e. The number of pyridine rings is 1. The highest BCUT2D eigenvalue weighted by Crippen LogP contribution is 2.41. The van der Waals surface area contributed by atoms with Crippen LogP contribution < -0.4 is 10.6 Å². The van der Waals surface area contributed by atoms with Crippen LogP contribution in [0.15, 0.2) is 72.9 Å². The molecule has 1 aliphatic carbocycles. The van der Waals surface area contributed by atoms with Gasteiger partial charge in [-0.1, -0.05) is 32.0 Å². The van der Waals surface area contributed by atoms with Gasteiger partial charge in [0.25, 0.3) is 5.91 Å². The van der Waals surface area contributed by atoms with Gasteiger partial charge in [0.15, 0.2) is 5.78 Å². The van der Waals surface area contributed by atoms with E-state index in [0.29, 0.717) is 28.6 Å². The Hall–Kier alpha value is -3.91. The van der Waals surface area contributed by atoms with Crippen molar-refractivity contribution in [3.05, 3.63) is 95.6 Å². The quantitative estimate of drug-likeness (QED) is 0.227. The van der Waals surface area contributed by atoms with Gasteiger partial charge in [-0.2, -0.15) is 11.8 Å². The second-order valence-electron chi connectivity index (χ2n) is 9.69. The molecular formula is C30H29FN4O2S. The van der Waals surface area contributed by atoms with Crippen LogP contribution in [0.2, 0.25) is 0 Å². The van der Waals surface area contributed by atoms with Crippen LogP contribution in [0, 0.1) is 11.7 Å². The van der Waals surface area contributed by atoms with E-state index in [0.717, 1.165) is 40.5 Å². The van der Waals surface area contributed by atoms with Crippen LogP contribution in [-0.4, -0.2) is 32.7 Å². The molecule has 0 fully saturated rings. The van der Waals surface area contributed by atoms with E-state index in [-0.39, 0.29) is 17.6 Å². The smallest absolute Gasteiger partial charge is 0.256 e. The second kappa shape index (κ2) is 11.2. The number of hydrogen-bond acceptors (Lipinski definition) is 5. The molecule has 1 unspecified atom stereocenters. The number of nitrogens with zero attached hydrogens (tertiary/aromatic N) is 1. The Morgan fingerprint density at radius 2 is 1.87 bits per heavy atom. The Labute approximate surface area is 225 Å². The van der Waals surface area contributed by atoms with E-state index >= 15 is 0 Å². The Balaban J connectivity index is 1.49. The van der Waals surface area contributed by atoms with Crippen LogP contribution in [0.5, 0.6) is 0 Å². The summed E-state index contributed by atoms with van der Waals surface area (Å²) in [6.45, 7) is 4.34. The van der Waals surface area contributed by atoms with Gasteiger partial charge in [-0.25, -0.2) is 9.37 Å². The van der Waals surface area contributed by atoms with Gasteiger partial charge in [-0.3, -0.25) is 9.59 Å². The average molecular weight is 529 g/mol. The molecule has 1 atom stereocenters. The number of benzene rings is 2. The first kappa shape index (κ1) is 25.7. The molecule has 0 saturated heterocycles. The molecule has 8 heteroatoms. The van der Waals surface area contributed by atoms with Gasteiger partial charge < -0.3 is 15.6 Å². The second-order valence-corrected chi connectivity index (χ2v) is 11.3. The number of rotatable bonds is 8. The van der Waals surface area contributed by atoms with Crippen LogP contribution in [0.4, 0.5) is 21.6 Å². The molecule has 0 aliphatic heterocycles. The topological polar surface area (TPSA) is 86.9 Å². The molecule has 4 aromatic rings. The van der Waals surface area contributed by atoms with Gasteiger partial charge in [0.1, 0.15) is 11.6 Å². The molecule has 5 rings (SSSR count). The average Bonchev–Trinajstić information content (AvgIpc) is 3.27. The monoisotopic (exact) mass is 528 g/mol. The van der Waals surface area contributed by atoms with E-state index in [1.165, 1.54) is 24.3 Å². The molecule has 1 amide bonds. The normalized spacial score (nSPS) is 14.8. The fourth-order valence-electron chi connectivity index (χ4n) is 4.64. The molecule has 0 saturated carbocycles. The molecular weight excluding hydrogens is 499 g/mol. The van der Waals surface area contributed by atoms with Gasteiger partial charge in [-0.15, -0.1) is 0 Å². The van der Waals surface area contributed by atoms with Crippen molar-refractivity contribution in [2.45, 2.75) is 31.9 Å². The predicted octanol–water partition coefficient (Wildman–Crippen LogP) is 7.10. The highest BCUT2D eigenvalue weighted by atomic mass is 32.2. The summed E-state index contributed by atoms with van der Waals surface area (Å²) in [5, 5.41) is 6.77. The molecule has 0 radical (unpaired) electrons. The highest BCUT2D eigenvalue weighted by Gasteiger charge is 2.32. The van der Waals surface area contributed by atoms with Crippen molar-refractivity contribution >= 4 is 40.6 Å². The Morgan fingerprint density at radius 3 is 2.61 bits per heavy atom. The third-order valence-electron chi connectivity index (χ3n) is 6.43. The van der Waals surface area contributed by atoms with Crippen molar-refractivity contribution in [1.29, 1.82) is 0 Å². The van der Waals surface area contributed by atoms with Crippen molar-refractivity contribution in [2.24, 2.45) is 5.92 Å². The largest absolute Gasteiger partial charge is 0.356 e. The fraction of sp³-hybridized carbons (Fsp3) is 0.233. The maximum absolute atomic E-state index is 13.4. The Kier molecular flexibility index (Phi) is 7.60. The minimum atomic E-state index is -0.407. The number of H-pyrrole nitrogens is 1. The van der Waals surface area contributed by atoms with Gasteiger partial charge >= 0.3 is 0 Å². The number of aromatic amines is 1. The number of fused-ring (bicyclic) bond motifs is 1. The molecule has 2 aromatic carbocycles. The van der Waals surface area contributed by atoms with E-state index in [1.807, 2.05) is 48.2 Å². The molecule has 2 aromatic heterocycles. The molecule has 2 heterocycles. The summed E-state index contributed by atoms with van der Waals surface area (Å²) in [4.78, 5) is 33.9. The maximum atomic E-state index is 13.4. The number of anilines is 3. The van der Waals surface area contributed by atoms with Crippen molar-refractivity contribution < 1.29 is 14.0 Å². The van der Waals surface area contributed by atoms with Crippen LogP contribution in [0.3, 0.4) is 0 Å². The Morgan fingerprint density at radius 1 is 1.11 bits per heavy atom. The van der Waals surface area contributed by atoms with Crippen LogP contribution in [-0.2, 0) is 6.42 Å². The lowest BCUT2D eigenvalue weighted by Crippen LogP contribution is -2.22. The summed E-state index contributed by atoms with van der Waals surface area (Å²) in [5.41, 5.74) is 5.11. The van der Waals surface area contributed by atoms with Crippen LogP contribution in [0.1, 0.15) is 46.7 Å². The number of hydrogen-bond donors (Lipinski definition) is 3. The number of amides is 1. The summed E-state index contributed by atoms with van der Waals surface area (Å²) < 4.78 is 13.3. The number of halogens is 1. The third-order valence-corrected chi connectivity index (χ3v) is 7.76. The molecule has 3 N–H and O–H groups in total. The van der Waals surface area contributed by atoms with Gasteiger partial charge in [-0.05, 0) is 71.9 Å². The van der Waals surface area contributed by atoms with Gasteiger partial charge in [0.05, 0.1) is 16.9 Å². The Bertz CT molecular complexity index is 1450. The standard InChI is InChI=1S/C30H29FN4O2S/c1-18(2)38-17-19-14-24-27(25(36)15-19)29(33-23-6-4-3-5-7-23)28(34-24)21-12-13-32-26(16-21)35-30(37)20-8-10-22(31)11-9-20/h3-13,16,18-19,33-34H,14-15,17H2,1-2H3,(H,32,35,37). The number of carbonyl (C=O) groups excluding carboxylic acids is 2. The number of carbonyl (C=O) groups is 2. The lowest BCUT2D eigenvalue weighted by molar-refractivity contribution is 0.0954. The van der Waals surface area contributed by atoms with E-state index in [1.54, 1.807) is 12.3 Å². The molecule has 38 heavy (non-hydrogen) atoms. The first-order valence-electron chi connectivity index (χ1n) is 12.6. The number of ketones is 1. The SMILES string of the molecule is CC(C)SCC1CC(=O)c2c([nH]c(-c3ccnc(NC(=O)c4ccc(F)cc4)c3)c2Nc2ccccc2)C1. The summed E-state index contributed by atoms with van der Waals surface area (Å²) in [6.07, 6.45) is 2.93. The number of thioether (sulfide) groups is 1. The summed E-state index contributed by atoms with van der Waals surface area (Å²) >= 11 is 1.88. The fourth-order valence-corrected chi connectivity index (χ4v) is 5.53. The molecule has 194 valence electrons. The minimum Gasteiger partial charge on any atom is -0.356 e. The van der Waals surface area contributed by atoms with Crippen LogP contribution >= 0.6 is 11.8 Å². The van der Waals surface area contributed by atoms with Gasteiger partial charge in [0.2, 0.25) is 0 Å². The zero-order chi connectivity index (χ0) is 26.6. The van der Waals surface area contributed by atoms with E-state index in [4.69, 9.17) is 0 Å². The van der Waals surface area contributed by atoms with E-state index < -0.39 is 5.82 Å². The molecule has 6 nitrogen and oxygen atoms in total. The molecule has 0 spiro atoms. The van der Waals surface area contributed by atoms with Crippen molar-refractivity contribution in [1.82, 2.24) is 9.97 Å². The van der Waals surface area contributed by atoms with Crippen molar-refractivity contribution in [3.8, 4) is 11.3 Å². The lowest BCUT2D eigenvalue weighted by atomic mass is 9.87.